The van der Waals surface area contributed by atoms with Gasteiger partial charge in [0.2, 0.25) is 0 Å². The molecule has 102 valence electrons. The first kappa shape index (κ1) is 13.9. The summed E-state index contributed by atoms with van der Waals surface area (Å²) in [4.78, 5) is 33.6. The van der Waals surface area contributed by atoms with E-state index in [2.05, 4.69) is 19.7 Å². The standard InChI is InChI=1S/C11H8N4O4S/c1-19-10(16)7-3-4-8(15(17)18)9(14-7)20-11-12-5-2-6-13-11/h2-6H,1H3. The maximum absolute atomic E-state index is 11.4. The second-order valence-electron chi connectivity index (χ2n) is 3.40. The SMILES string of the molecule is COC(=O)c1ccc([N+](=O)[O-])c(Sc2ncccn2)n1. The highest BCUT2D eigenvalue weighted by Gasteiger charge is 2.20. The van der Waals surface area contributed by atoms with Gasteiger partial charge in [-0.25, -0.2) is 19.7 Å². The maximum Gasteiger partial charge on any atom is 0.356 e. The van der Waals surface area contributed by atoms with Gasteiger partial charge in [-0.05, 0) is 23.9 Å². The van der Waals surface area contributed by atoms with Gasteiger partial charge >= 0.3 is 11.7 Å². The van der Waals surface area contributed by atoms with Crippen LogP contribution in [0.25, 0.3) is 0 Å². The molecule has 2 rings (SSSR count). The lowest BCUT2D eigenvalue weighted by Crippen LogP contribution is -2.06. The zero-order chi connectivity index (χ0) is 14.5. The molecule has 0 bridgehead atoms. The molecular formula is C11H8N4O4S. The van der Waals surface area contributed by atoms with Crippen LogP contribution in [0, 0.1) is 10.1 Å². The van der Waals surface area contributed by atoms with Crippen LogP contribution in [0.2, 0.25) is 0 Å². The number of hydrogen-bond donors (Lipinski definition) is 0. The van der Waals surface area contributed by atoms with Crippen LogP contribution in [0.3, 0.4) is 0 Å². The minimum atomic E-state index is -0.671. The van der Waals surface area contributed by atoms with E-state index in [4.69, 9.17) is 0 Å². The molecule has 0 saturated carbocycles. The summed E-state index contributed by atoms with van der Waals surface area (Å²) in [5.41, 5.74) is -0.244. The summed E-state index contributed by atoms with van der Waals surface area (Å²) in [6.07, 6.45) is 3.01. The number of ether oxygens (including phenoxy) is 1. The molecule has 0 spiro atoms. The summed E-state index contributed by atoms with van der Waals surface area (Å²) in [5, 5.41) is 11.3. The van der Waals surface area contributed by atoms with E-state index < -0.39 is 10.9 Å². The molecule has 20 heavy (non-hydrogen) atoms. The third-order valence-corrected chi connectivity index (χ3v) is 3.05. The van der Waals surface area contributed by atoms with Crippen LogP contribution in [0.15, 0.2) is 40.8 Å². The molecule has 2 aromatic rings. The molecule has 0 aliphatic heterocycles. The third-order valence-electron chi connectivity index (χ3n) is 2.16. The van der Waals surface area contributed by atoms with Crippen molar-refractivity contribution in [1.82, 2.24) is 15.0 Å². The zero-order valence-corrected chi connectivity index (χ0v) is 11.0. The number of hydrogen-bond acceptors (Lipinski definition) is 8. The van der Waals surface area contributed by atoms with Crippen molar-refractivity contribution in [1.29, 1.82) is 0 Å². The van der Waals surface area contributed by atoms with Crippen molar-refractivity contribution in [3.05, 3.63) is 46.4 Å². The first-order valence-electron chi connectivity index (χ1n) is 5.30. The minimum absolute atomic E-state index is 0.0171. The fourth-order valence-electron chi connectivity index (χ4n) is 1.29. The van der Waals surface area contributed by atoms with Crippen LogP contribution in [-0.4, -0.2) is 33.0 Å². The first-order chi connectivity index (χ1) is 9.61. The molecule has 0 saturated heterocycles. The van der Waals surface area contributed by atoms with E-state index in [0.29, 0.717) is 5.16 Å². The molecule has 2 aromatic heterocycles. The molecule has 0 aromatic carbocycles. The van der Waals surface area contributed by atoms with Crippen LogP contribution in [0.5, 0.6) is 0 Å². The summed E-state index contributed by atoms with van der Waals surface area (Å²) < 4.78 is 4.53. The van der Waals surface area contributed by atoms with E-state index >= 15 is 0 Å². The molecule has 0 N–H and O–H groups in total. The smallest absolute Gasteiger partial charge is 0.356 e. The average molecular weight is 292 g/mol. The molecule has 0 atom stereocenters. The topological polar surface area (TPSA) is 108 Å². The minimum Gasteiger partial charge on any atom is -0.464 e. The summed E-state index contributed by atoms with van der Waals surface area (Å²) in [5.74, 6) is -0.671. The first-order valence-corrected chi connectivity index (χ1v) is 6.12. The molecule has 9 heteroatoms. The van der Waals surface area contributed by atoms with Crippen LogP contribution in [0.1, 0.15) is 10.5 Å². The number of aromatic nitrogens is 3. The number of pyridine rings is 1. The number of nitro groups is 1. The van der Waals surface area contributed by atoms with Crippen LogP contribution >= 0.6 is 11.8 Å². The van der Waals surface area contributed by atoms with E-state index in [1.54, 1.807) is 6.07 Å². The lowest BCUT2D eigenvalue weighted by molar-refractivity contribution is -0.388. The van der Waals surface area contributed by atoms with E-state index in [1.807, 2.05) is 0 Å². The molecule has 0 fully saturated rings. The molecule has 0 amide bonds. The van der Waals surface area contributed by atoms with E-state index in [-0.39, 0.29) is 16.4 Å². The van der Waals surface area contributed by atoms with Crippen LogP contribution in [-0.2, 0) is 4.74 Å². The number of esters is 1. The van der Waals surface area contributed by atoms with Crippen molar-refractivity contribution in [3.8, 4) is 0 Å². The Morgan fingerprint density at radius 1 is 1.35 bits per heavy atom. The average Bonchev–Trinajstić information content (AvgIpc) is 2.47. The molecular weight excluding hydrogens is 284 g/mol. The molecule has 2 heterocycles. The Kier molecular flexibility index (Phi) is 4.20. The third kappa shape index (κ3) is 3.06. The Hall–Kier alpha value is -2.55. The van der Waals surface area contributed by atoms with Gasteiger partial charge in [-0.3, -0.25) is 10.1 Å². The second-order valence-corrected chi connectivity index (χ2v) is 4.36. The Balaban J connectivity index is 2.42. The van der Waals surface area contributed by atoms with Crippen molar-refractivity contribution in [2.24, 2.45) is 0 Å². The van der Waals surface area contributed by atoms with Gasteiger partial charge in [0, 0.05) is 18.5 Å². The monoisotopic (exact) mass is 292 g/mol. The summed E-state index contributed by atoms with van der Waals surface area (Å²) in [7, 11) is 1.21. The fraction of sp³-hybridized carbons (Fsp3) is 0.0909. The lowest BCUT2D eigenvalue weighted by Gasteiger charge is -2.03. The van der Waals surface area contributed by atoms with Gasteiger partial charge in [0.05, 0.1) is 12.0 Å². The van der Waals surface area contributed by atoms with Crippen molar-refractivity contribution in [2.45, 2.75) is 10.2 Å². The maximum atomic E-state index is 11.4. The van der Waals surface area contributed by atoms with E-state index in [9.17, 15) is 14.9 Å². The Labute approximate surface area is 117 Å². The van der Waals surface area contributed by atoms with Gasteiger partial charge in [-0.2, -0.15) is 0 Å². The highest BCUT2D eigenvalue weighted by Crippen LogP contribution is 2.31. The second kappa shape index (κ2) is 6.06. The lowest BCUT2D eigenvalue weighted by atomic mass is 10.3. The van der Waals surface area contributed by atoms with Crippen molar-refractivity contribution in [3.63, 3.8) is 0 Å². The molecule has 0 radical (unpaired) electrons. The van der Waals surface area contributed by atoms with Crippen molar-refractivity contribution >= 4 is 23.4 Å². The molecule has 0 unspecified atom stereocenters. The summed E-state index contributed by atoms with van der Waals surface area (Å²) >= 11 is 0.902. The molecule has 0 aliphatic carbocycles. The Morgan fingerprint density at radius 2 is 2.05 bits per heavy atom. The van der Waals surface area contributed by atoms with Gasteiger partial charge < -0.3 is 4.74 Å². The van der Waals surface area contributed by atoms with Crippen molar-refractivity contribution < 1.29 is 14.5 Å². The normalized spacial score (nSPS) is 10.1. The number of carbonyl (C=O) groups excluding carboxylic acids is 1. The number of nitrogens with zero attached hydrogens (tertiary/aromatic N) is 4. The van der Waals surface area contributed by atoms with Gasteiger partial charge in [-0.15, -0.1) is 0 Å². The Bertz CT molecular complexity index is 650. The number of methoxy groups -OCH3 is 1. The predicted octanol–water partition coefficient (Wildman–Crippen LogP) is 1.72. The van der Waals surface area contributed by atoms with E-state index in [1.165, 1.54) is 31.6 Å². The fourth-order valence-corrected chi connectivity index (χ4v) is 2.08. The Morgan fingerprint density at radius 3 is 2.65 bits per heavy atom. The van der Waals surface area contributed by atoms with Crippen molar-refractivity contribution in [2.75, 3.05) is 7.11 Å². The van der Waals surface area contributed by atoms with E-state index in [0.717, 1.165) is 11.8 Å². The predicted molar refractivity (Wildman–Crippen MR) is 68.4 cm³/mol. The highest BCUT2D eigenvalue weighted by molar-refractivity contribution is 7.99. The molecule has 8 nitrogen and oxygen atoms in total. The number of carbonyl (C=O) groups is 1. The zero-order valence-electron chi connectivity index (χ0n) is 10.2. The largest absolute Gasteiger partial charge is 0.464 e. The van der Waals surface area contributed by atoms with Gasteiger partial charge in [-0.1, -0.05) is 0 Å². The van der Waals surface area contributed by atoms with Gasteiger partial charge in [0.1, 0.15) is 5.69 Å². The van der Waals surface area contributed by atoms with Crippen LogP contribution in [0.4, 0.5) is 5.69 Å². The highest BCUT2D eigenvalue weighted by atomic mass is 32.2. The summed E-state index contributed by atoms with van der Waals surface area (Å²) in [6, 6.07) is 4.06. The summed E-state index contributed by atoms with van der Waals surface area (Å²) in [6.45, 7) is 0. The number of rotatable bonds is 4. The quantitative estimate of drug-likeness (QED) is 0.362. The van der Waals surface area contributed by atoms with Gasteiger partial charge in [0.15, 0.2) is 10.2 Å². The van der Waals surface area contributed by atoms with Gasteiger partial charge in [0.25, 0.3) is 0 Å². The van der Waals surface area contributed by atoms with Crippen LogP contribution < -0.4 is 0 Å². The molecule has 0 aliphatic rings.